The van der Waals surface area contributed by atoms with Crippen molar-refractivity contribution in [2.45, 2.75) is 0 Å². The monoisotopic (exact) mass is 340 g/mol. The third kappa shape index (κ3) is 2.95. The van der Waals surface area contributed by atoms with Crippen LogP contribution in [0.1, 0.15) is 10.4 Å². The molecule has 0 aliphatic carbocycles. The van der Waals surface area contributed by atoms with Crippen molar-refractivity contribution in [2.75, 3.05) is 45.0 Å². The Bertz CT molecular complexity index is 785. The topological polar surface area (TPSA) is 51.2 Å². The van der Waals surface area contributed by atoms with Gasteiger partial charge < -0.3 is 24.0 Å². The molecule has 4 rings (SSSR count). The predicted octanol–water partition coefficient (Wildman–Crippen LogP) is 2.39. The molecule has 0 aromatic heterocycles. The Hall–Kier alpha value is -2.89. The molecule has 0 saturated carbocycles. The van der Waals surface area contributed by atoms with Gasteiger partial charge in [0.25, 0.3) is 5.91 Å². The third-order valence-electron chi connectivity index (χ3n) is 4.63. The van der Waals surface area contributed by atoms with Crippen molar-refractivity contribution in [1.82, 2.24) is 4.90 Å². The molecule has 0 spiro atoms. The molecule has 0 unspecified atom stereocenters. The lowest BCUT2D eigenvalue weighted by Crippen LogP contribution is -2.48. The minimum Gasteiger partial charge on any atom is -0.496 e. The Morgan fingerprint density at radius 2 is 1.76 bits per heavy atom. The average molecular weight is 340 g/mol. The molecular formula is C19H20N2O4. The van der Waals surface area contributed by atoms with Crippen LogP contribution in [0.25, 0.3) is 0 Å². The number of amides is 1. The van der Waals surface area contributed by atoms with Crippen LogP contribution in [0.15, 0.2) is 42.5 Å². The van der Waals surface area contributed by atoms with Gasteiger partial charge >= 0.3 is 0 Å². The summed E-state index contributed by atoms with van der Waals surface area (Å²) in [5, 5.41) is 0. The molecule has 6 heteroatoms. The first-order chi connectivity index (χ1) is 12.3. The van der Waals surface area contributed by atoms with Gasteiger partial charge in [-0.25, -0.2) is 0 Å². The van der Waals surface area contributed by atoms with E-state index in [1.54, 1.807) is 7.11 Å². The second kappa shape index (κ2) is 6.55. The summed E-state index contributed by atoms with van der Waals surface area (Å²) in [5.41, 5.74) is 1.70. The molecule has 6 nitrogen and oxygen atoms in total. The molecule has 2 aromatic carbocycles. The van der Waals surface area contributed by atoms with Crippen molar-refractivity contribution in [3.8, 4) is 17.2 Å². The zero-order valence-corrected chi connectivity index (χ0v) is 14.1. The number of ether oxygens (including phenoxy) is 3. The van der Waals surface area contributed by atoms with Crippen molar-refractivity contribution in [1.29, 1.82) is 0 Å². The number of fused-ring (bicyclic) bond motifs is 1. The number of rotatable bonds is 3. The fourth-order valence-corrected chi connectivity index (χ4v) is 3.24. The Labute approximate surface area is 146 Å². The summed E-state index contributed by atoms with van der Waals surface area (Å²) in [7, 11) is 1.59. The van der Waals surface area contributed by atoms with Crippen LogP contribution in [0, 0.1) is 0 Å². The van der Waals surface area contributed by atoms with Gasteiger partial charge in [-0.2, -0.15) is 0 Å². The molecule has 1 fully saturated rings. The second-order valence-corrected chi connectivity index (χ2v) is 6.02. The summed E-state index contributed by atoms with van der Waals surface area (Å²) in [6.45, 7) is 3.18. The lowest BCUT2D eigenvalue weighted by Gasteiger charge is -2.36. The SMILES string of the molecule is COc1ccccc1C(=O)N1CCN(c2ccc3c(c2)OCO3)CC1. The average Bonchev–Trinajstić information content (AvgIpc) is 3.15. The van der Waals surface area contributed by atoms with Gasteiger partial charge in [-0.05, 0) is 24.3 Å². The Balaban J connectivity index is 1.44. The number of carbonyl (C=O) groups excluding carboxylic acids is 1. The van der Waals surface area contributed by atoms with E-state index in [1.165, 1.54) is 0 Å². The Kier molecular flexibility index (Phi) is 4.09. The molecule has 1 amide bonds. The highest BCUT2D eigenvalue weighted by Crippen LogP contribution is 2.35. The number of piperazine rings is 1. The number of nitrogens with zero attached hydrogens (tertiary/aromatic N) is 2. The van der Waals surface area contributed by atoms with E-state index in [9.17, 15) is 4.79 Å². The number of anilines is 1. The molecule has 130 valence electrons. The van der Waals surface area contributed by atoms with Gasteiger partial charge in [0.2, 0.25) is 6.79 Å². The number of carbonyl (C=O) groups is 1. The first-order valence-electron chi connectivity index (χ1n) is 8.33. The van der Waals surface area contributed by atoms with Gasteiger partial charge in [-0.3, -0.25) is 4.79 Å². The summed E-state index contributed by atoms with van der Waals surface area (Å²) in [4.78, 5) is 16.9. The fourth-order valence-electron chi connectivity index (χ4n) is 3.24. The molecule has 1 saturated heterocycles. The molecule has 0 N–H and O–H groups in total. The van der Waals surface area contributed by atoms with E-state index in [-0.39, 0.29) is 12.7 Å². The van der Waals surface area contributed by atoms with Gasteiger partial charge in [0.15, 0.2) is 11.5 Å². The minimum atomic E-state index is 0.0165. The summed E-state index contributed by atoms with van der Waals surface area (Å²) < 4.78 is 16.1. The first-order valence-corrected chi connectivity index (χ1v) is 8.33. The van der Waals surface area contributed by atoms with Gasteiger partial charge in [0, 0.05) is 37.9 Å². The maximum absolute atomic E-state index is 12.8. The van der Waals surface area contributed by atoms with Gasteiger partial charge in [0.05, 0.1) is 12.7 Å². The standard InChI is InChI=1S/C19H20N2O4/c1-23-16-5-3-2-4-15(16)19(22)21-10-8-20(9-11-21)14-6-7-17-18(12-14)25-13-24-17/h2-7,12H,8-11,13H2,1H3. The van der Waals surface area contributed by atoms with Crippen molar-refractivity contribution >= 4 is 11.6 Å². The highest BCUT2D eigenvalue weighted by Gasteiger charge is 2.25. The van der Waals surface area contributed by atoms with Crippen LogP contribution in [0.3, 0.4) is 0 Å². The summed E-state index contributed by atoms with van der Waals surface area (Å²) >= 11 is 0. The van der Waals surface area contributed by atoms with Crippen LogP contribution in [-0.2, 0) is 0 Å². The molecule has 2 heterocycles. The highest BCUT2D eigenvalue weighted by molar-refractivity contribution is 5.97. The Morgan fingerprint density at radius 3 is 2.56 bits per heavy atom. The van der Waals surface area contributed by atoms with Gasteiger partial charge in [0.1, 0.15) is 5.75 Å². The van der Waals surface area contributed by atoms with E-state index in [4.69, 9.17) is 14.2 Å². The molecular weight excluding hydrogens is 320 g/mol. The van der Waals surface area contributed by atoms with Gasteiger partial charge in [-0.1, -0.05) is 12.1 Å². The number of methoxy groups -OCH3 is 1. The third-order valence-corrected chi connectivity index (χ3v) is 4.63. The lowest BCUT2D eigenvalue weighted by atomic mass is 10.1. The van der Waals surface area contributed by atoms with Crippen LogP contribution in [0.5, 0.6) is 17.2 Å². The summed E-state index contributed by atoms with van der Waals surface area (Å²) in [6.07, 6.45) is 0. The molecule has 2 aliphatic rings. The smallest absolute Gasteiger partial charge is 0.257 e. The zero-order valence-electron chi connectivity index (χ0n) is 14.1. The second-order valence-electron chi connectivity index (χ2n) is 6.02. The number of benzene rings is 2. The van der Waals surface area contributed by atoms with E-state index >= 15 is 0 Å². The van der Waals surface area contributed by atoms with E-state index in [0.29, 0.717) is 24.4 Å². The van der Waals surface area contributed by atoms with Crippen LogP contribution < -0.4 is 19.1 Å². The number of para-hydroxylation sites is 1. The zero-order chi connectivity index (χ0) is 17.2. The van der Waals surface area contributed by atoms with Crippen LogP contribution >= 0.6 is 0 Å². The molecule has 0 radical (unpaired) electrons. The predicted molar refractivity (Wildman–Crippen MR) is 93.7 cm³/mol. The van der Waals surface area contributed by atoms with Crippen LogP contribution in [0.4, 0.5) is 5.69 Å². The molecule has 0 atom stereocenters. The minimum absolute atomic E-state index is 0.0165. The summed E-state index contributed by atoms with van der Waals surface area (Å²) in [5.74, 6) is 2.20. The van der Waals surface area contributed by atoms with Crippen molar-refractivity contribution in [3.05, 3.63) is 48.0 Å². The summed E-state index contributed by atoms with van der Waals surface area (Å²) in [6, 6.07) is 13.3. The molecule has 2 aliphatic heterocycles. The van der Waals surface area contributed by atoms with Crippen molar-refractivity contribution < 1.29 is 19.0 Å². The van der Waals surface area contributed by atoms with Crippen LogP contribution in [-0.4, -0.2) is 50.9 Å². The maximum Gasteiger partial charge on any atom is 0.257 e. The maximum atomic E-state index is 12.8. The lowest BCUT2D eigenvalue weighted by molar-refractivity contribution is 0.0743. The number of hydrogen-bond acceptors (Lipinski definition) is 5. The molecule has 2 aromatic rings. The highest BCUT2D eigenvalue weighted by atomic mass is 16.7. The quantitative estimate of drug-likeness (QED) is 0.859. The van der Waals surface area contributed by atoms with E-state index in [1.807, 2.05) is 47.4 Å². The first kappa shape index (κ1) is 15.6. The number of hydrogen-bond donors (Lipinski definition) is 0. The van der Waals surface area contributed by atoms with E-state index < -0.39 is 0 Å². The Morgan fingerprint density at radius 1 is 1.00 bits per heavy atom. The van der Waals surface area contributed by atoms with Crippen molar-refractivity contribution in [2.24, 2.45) is 0 Å². The van der Waals surface area contributed by atoms with Crippen LogP contribution in [0.2, 0.25) is 0 Å². The fraction of sp³-hybridized carbons (Fsp3) is 0.316. The van der Waals surface area contributed by atoms with E-state index in [2.05, 4.69) is 4.90 Å². The largest absolute Gasteiger partial charge is 0.496 e. The van der Waals surface area contributed by atoms with E-state index in [0.717, 1.165) is 30.3 Å². The molecule has 25 heavy (non-hydrogen) atoms. The van der Waals surface area contributed by atoms with Crippen molar-refractivity contribution in [3.63, 3.8) is 0 Å². The molecule has 0 bridgehead atoms. The van der Waals surface area contributed by atoms with Gasteiger partial charge in [-0.15, -0.1) is 0 Å². The normalized spacial score (nSPS) is 16.0.